The molecule has 2 aromatic carbocycles. The van der Waals surface area contributed by atoms with Crippen molar-refractivity contribution in [1.82, 2.24) is 14.5 Å². The standard InChI is InChI=1S/C30H44N4O5S/c1-7-27(30(36)31-25-11-9-8-10-12-25)33(20-24-15-17-26(39-6)18-16-24)29(35)21-34(40(37,38)32(4)5)28-19-22(2)13-14-23(28)3/h13-19,25,27H,7-12,20-21H2,1-6H3,(H,31,36). The molecule has 0 aliphatic heterocycles. The molecule has 0 heterocycles. The summed E-state index contributed by atoms with van der Waals surface area (Å²) in [5.41, 5.74) is 2.85. The van der Waals surface area contributed by atoms with E-state index < -0.39 is 28.7 Å². The predicted octanol–water partition coefficient (Wildman–Crippen LogP) is 4.18. The molecular formula is C30H44N4O5S. The third kappa shape index (κ3) is 7.75. The normalized spacial score (nSPS) is 15.0. The third-order valence-corrected chi connectivity index (χ3v) is 9.31. The average Bonchev–Trinajstić information content (AvgIpc) is 2.93. The first kappa shape index (κ1) is 31.4. The molecule has 10 heteroatoms. The first-order valence-corrected chi connectivity index (χ1v) is 15.4. The highest BCUT2D eigenvalue weighted by Crippen LogP contribution is 2.26. The molecule has 0 saturated heterocycles. The molecule has 40 heavy (non-hydrogen) atoms. The van der Waals surface area contributed by atoms with Gasteiger partial charge >= 0.3 is 10.2 Å². The number of methoxy groups -OCH3 is 1. The van der Waals surface area contributed by atoms with E-state index in [4.69, 9.17) is 4.74 Å². The van der Waals surface area contributed by atoms with Crippen molar-refractivity contribution in [3.63, 3.8) is 0 Å². The van der Waals surface area contributed by atoms with E-state index in [0.29, 0.717) is 17.9 Å². The van der Waals surface area contributed by atoms with Gasteiger partial charge in [-0.1, -0.05) is 50.5 Å². The predicted molar refractivity (Wildman–Crippen MR) is 159 cm³/mol. The zero-order valence-electron chi connectivity index (χ0n) is 24.6. The van der Waals surface area contributed by atoms with Gasteiger partial charge in [-0.15, -0.1) is 0 Å². The monoisotopic (exact) mass is 572 g/mol. The SMILES string of the molecule is CCC(C(=O)NC1CCCCC1)N(Cc1ccc(OC)cc1)C(=O)CN(c1cc(C)ccc1C)S(=O)(=O)N(C)C. The fourth-order valence-electron chi connectivity index (χ4n) is 5.08. The molecule has 9 nitrogen and oxygen atoms in total. The highest BCUT2D eigenvalue weighted by Gasteiger charge is 2.35. The molecule has 1 unspecified atom stereocenters. The van der Waals surface area contributed by atoms with Crippen LogP contribution in [0.4, 0.5) is 5.69 Å². The van der Waals surface area contributed by atoms with E-state index in [1.165, 1.54) is 25.4 Å². The van der Waals surface area contributed by atoms with Gasteiger partial charge in [-0.05, 0) is 68.0 Å². The van der Waals surface area contributed by atoms with E-state index in [1.54, 1.807) is 25.3 Å². The number of carbonyl (C=O) groups excluding carboxylic acids is 2. The number of anilines is 1. The molecule has 0 radical (unpaired) electrons. The smallest absolute Gasteiger partial charge is 0.304 e. The summed E-state index contributed by atoms with van der Waals surface area (Å²) in [5, 5.41) is 3.17. The number of amides is 2. The lowest BCUT2D eigenvalue weighted by Gasteiger charge is -2.35. The summed E-state index contributed by atoms with van der Waals surface area (Å²) in [6, 6.07) is 12.2. The lowest BCUT2D eigenvalue weighted by Crippen LogP contribution is -2.54. The van der Waals surface area contributed by atoms with Crippen LogP contribution in [0.2, 0.25) is 0 Å². The van der Waals surface area contributed by atoms with Gasteiger partial charge in [0.15, 0.2) is 0 Å². The van der Waals surface area contributed by atoms with Crippen LogP contribution in [0.5, 0.6) is 5.75 Å². The van der Waals surface area contributed by atoms with Crippen LogP contribution in [0.25, 0.3) is 0 Å². The van der Waals surface area contributed by atoms with E-state index in [2.05, 4.69) is 5.32 Å². The van der Waals surface area contributed by atoms with Crippen LogP contribution in [0.1, 0.15) is 62.1 Å². The Hall–Kier alpha value is -3.11. The van der Waals surface area contributed by atoms with Gasteiger partial charge in [0.2, 0.25) is 11.8 Å². The number of carbonyl (C=O) groups is 2. The zero-order valence-corrected chi connectivity index (χ0v) is 25.5. The van der Waals surface area contributed by atoms with Crippen LogP contribution < -0.4 is 14.4 Å². The maximum atomic E-state index is 14.1. The Bertz CT molecular complexity index is 1260. The van der Waals surface area contributed by atoms with Crippen LogP contribution in [0.3, 0.4) is 0 Å². The minimum absolute atomic E-state index is 0.0915. The summed E-state index contributed by atoms with van der Waals surface area (Å²) in [5.74, 6) is 0.0275. The quantitative estimate of drug-likeness (QED) is 0.411. The molecule has 220 valence electrons. The molecule has 1 aliphatic rings. The molecule has 0 bridgehead atoms. The molecule has 1 N–H and O–H groups in total. The van der Waals surface area contributed by atoms with Crippen molar-refractivity contribution in [3.05, 3.63) is 59.2 Å². The number of aryl methyl sites for hydroxylation is 2. The van der Waals surface area contributed by atoms with Crippen molar-refractivity contribution in [2.45, 2.75) is 77.9 Å². The summed E-state index contributed by atoms with van der Waals surface area (Å²) in [7, 11) is 0.457. The maximum absolute atomic E-state index is 14.1. The summed E-state index contributed by atoms with van der Waals surface area (Å²) in [6.45, 7) is 5.29. The van der Waals surface area contributed by atoms with E-state index in [9.17, 15) is 18.0 Å². The van der Waals surface area contributed by atoms with Crippen molar-refractivity contribution in [1.29, 1.82) is 0 Å². The molecule has 2 aromatic rings. The molecular weight excluding hydrogens is 528 g/mol. The minimum Gasteiger partial charge on any atom is -0.497 e. The Kier molecular flexibility index (Phi) is 11.0. The van der Waals surface area contributed by atoms with Gasteiger partial charge in [0, 0.05) is 26.7 Å². The molecule has 2 amide bonds. The van der Waals surface area contributed by atoms with Gasteiger partial charge < -0.3 is 15.0 Å². The zero-order chi connectivity index (χ0) is 29.4. The Morgan fingerprint density at radius 3 is 2.25 bits per heavy atom. The summed E-state index contributed by atoms with van der Waals surface area (Å²) in [6.07, 6.45) is 5.56. The molecule has 3 rings (SSSR count). The Morgan fingerprint density at radius 2 is 1.68 bits per heavy atom. The lowest BCUT2D eigenvalue weighted by molar-refractivity contribution is -0.140. The number of nitrogens with zero attached hydrogens (tertiary/aromatic N) is 3. The fraction of sp³-hybridized carbons (Fsp3) is 0.533. The maximum Gasteiger partial charge on any atom is 0.304 e. The number of nitrogens with one attached hydrogen (secondary N) is 1. The lowest BCUT2D eigenvalue weighted by atomic mass is 9.95. The fourth-order valence-corrected chi connectivity index (χ4v) is 6.19. The highest BCUT2D eigenvalue weighted by molar-refractivity contribution is 7.90. The molecule has 1 aliphatic carbocycles. The van der Waals surface area contributed by atoms with Crippen LogP contribution in [-0.2, 0) is 26.3 Å². The Labute approximate surface area is 239 Å². The number of rotatable bonds is 12. The van der Waals surface area contributed by atoms with Crippen LogP contribution >= 0.6 is 0 Å². The average molecular weight is 573 g/mol. The van der Waals surface area contributed by atoms with E-state index in [0.717, 1.165) is 51.0 Å². The van der Waals surface area contributed by atoms with Gasteiger partial charge in [-0.3, -0.25) is 9.59 Å². The third-order valence-electron chi connectivity index (χ3n) is 7.50. The van der Waals surface area contributed by atoms with Gasteiger partial charge in [0.1, 0.15) is 18.3 Å². The molecule has 1 fully saturated rings. The minimum atomic E-state index is -4.02. The van der Waals surface area contributed by atoms with Crippen molar-refractivity contribution < 1.29 is 22.7 Å². The number of hydrogen-bond acceptors (Lipinski definition) is 5. The Morgan fingerprint density at radius 1 is 1.02 bits per heavy atom. The first-order valence-electron chi connectivity index (χ1n) is 14.0. The highest BCUT2D eigenvalue weighted by atomic mass is 32.2. The largest absolute Gasteiger partial charge is 0.497 e. The van der Waals surface area contributed by atoms with Crippen molar-refractivity contribution >= 4 is 27.7 Å². The van der Waals surface area contributed by atoms with E-state index in [1.807, 2.05) is 45.0 Å². The second-order valence-corrected chi connectivity index (χ2v) is 12.8. The topological polar surface area (TPSA) is 99.3 Å². The molecule has 0 spiro atoms. The van der Waals surface area contributed by atoms with Crippen LogP contribution in [0.15, 0.2) is 42.5 Å². The number of ether oxygens (including phenoxy) is 1. The Balaban J connectivity index is 1.99. The van der Waals surface area contributed by atoms with Crippen molar-refractivity contribution in [2.75, 3.05) is 32.1 Å². The number of benzene rings is 2. The first-order chi connectivity index (χ1) is 19.0. The van der Waals surface area contributed by atoms with Crippen LogP contribution in [0, 0.1) is 13.8 Å². The molecule has 0 aromatic heterocycles. The van der Waals surface area contributed by atoms with Gasteiger partial charge in [0.05, 0.1) is 12.8 Å². The summed E-state index contributed by atoms with van der Waals surface area (Å²) in [4.78, 5) is 29.2. The summed E-state index contributed by atoms with van der Waals surface area (Å²) >= 11 is 0. The summed E-state index contributed by atoms with van der Waals surface area (Å²) < 4.78 is 34.5. The molecule has 1 saturated carbocycles. The second-order valence-electron chi connectivity index (χ2n) is 10.7. The van der Waals surface area contributed by atoms with Gasteiger partial charge in [-0.25, -0.2) is 4.31 Å². The number of hydrogen-bond donors (Lipinski definition) is 1. The molecule has 1 atom stereocenters. The second kappa shape index (κ2) is 14.0. The van der Waals surface area contributed by atoms with Gasteiger partial charge in [-0.2, -0.15) is 12.7 Å². The van der Waals surface area contributed by atoms with Gasteiger partial charge in [0.25, 0.3) is 0 Å². The van der Waals surface area contributed by atoms with Crippen molar-refractivity contribution in [2.24, 2.45) is 0 Å². The van der Waals surface area contributed by atoms with Crippen LogP contribution in [-0.4, -0.2) is 69.3 Å². The van der Waals surface area contributed by atoms with Crippen molar-refractivity contribution in [3.8, 4) is 5.75 Å². The van der Waals surface area contributed by atoms with E-state index >= 15 is 0 Å². The van der Waals surface area contributed by atoms with E-state index in [-0.39, 0.29) is 18.5 Å².